The molecule has 5 nitrogen and oxygen atoms in total. The Hall–Kier alpha value is -3.26. The van der Waals surface area contributed by atoms with Gasteiger partial charge in [-0.05, 0) is 37.3 Å². The molecule has 4 N–H and O–H groups in total. The second-order valence-corrected chi connectivity index (χ2v) is 6.21. The first-order valence-electron chi connectivity index (χ1n) is 8.46. The van der Waals surface area contributed by atoms with Gasteiger partial charge >= 0.3 is 6.18 Å². The standard InChI is InChI=1S/C20H18F3N5/c1-12(25)15-4-2-5-16(26-15)13-8-9-14(11-24)17(10-13)27-19-7-3-6-18(28-19)20(21,22)23/h2-12,24H,25H2,1H3,(H,27,28). The second kappa shape index (κ2) is 7.77. The van der Waals surface area contributed by atoms with Crippen molar-refractivity contribution in [1.29, 1.82) is 5.41 Å². The molecule has 3 rings (SSSR count). The minimum Gasteiger partial charge on any atom is -0.340 e. The van der Waals surface area contributed by atoms with Crippen LogP contribution in [-0.4, -0.2) is 16.2 Å². The Balaban J connectivity index is 1.99. The van der Waals surface area contributed by atoms with E-state index in [2.05, 4.69) is 15.3 Å². The smallest absolute Gasteiger partial charge is 0.340 e. The van der Waals surface area contributed by atoms with Crippen LogP contribution < -0.4 is 11.1 Å². The highest BCUT2D eigenvalue weighted by molar-refractivity contribution is 5.89. The predicted molar refractivity (Wildman–Crippen MR) is 103 cm³/mol. The molecule has 0 saturated carbocycles. The van der Waals surface area contributed by atoms with Crippen LogP contribution in [0.1, 0.15) is 29.9 Å². The predicted octanol–water partition coefficient (Wildman–Crippen LogP) is 4.92. The highest BCUT2D eigenvalue weighted by atomic mass is 19.4. The monoisotopic (exact) mass is 385 g/mol. The largest absolute Gasteiger partial charge is 0.433 e. The van der Waals surface area contributed by atoms with Gasteiger partial charge in [-0.25, -0.2) is 4.98 Å². The van der Waals surface area contributed by atoms with Gasteiger partial charge in [0.1, 0.15) is 11.5 Å². The third-order valence-corrected chi connectivity index (χ3v) is 4.04. The summed E-state index contributed by atoms with van der Waals surface area (Å²) in [5.74, 6) is 0.0346. The van der Waals surface area contributed by atoms with Crippen molar-refractivity contribution in [1.82, 2.24) is 9.97 Å². The van der Waals surface area contributed by atoms with E-state index in [-0.39, 0.29) is 11.9 Å². The fourth-order valence-electron chi connectivity index (χ4n) is 2.62. The van der Waals surface area contributed by atoms with E-state index >= 15 is 0 Å². The molecule has 2 aromatic heterocycles. The molecule has 0 spiro atoms. The number of halogens is 3. The summed E-state index contributed by atoms with van der Waals surface area (Å²) in [6.45, 7) is 1.83. The molecule has 3 aromatic rings. The van der Waals surface area contributed by atoms with Crippen molar-refractivity contribution in [3.63, 3.8) is 0 Å². The Bertz CT molecular complexity index is 999. The van der Waals surface area contributed by atoms with Crippen LogP contribution in [0, 0.1) is 5.41 Å². The number of nitrogens with zero attached hydrogens (tertiary/aromatic N) is 2. The van der Waals surface area contributed by atoms with E-state index in [1.165, 1.54) is 12.1 Å². The molecule has 28 heavy (non-hydrogen) atoms. The number of nitrogens with one attached hydrogen (secondary N) is 2. The zero-order valence-electron chi connectivity index (χ0n) is 15.0. The molecule has 1 unspecified atom stereocenters. The van der Waals surface area contributed by atoms with Crippen molar-refractivity contribution in [3.8, 4) is 11.3 Å². The first-order chi connectivity index (χ1) is 13.3. The van der Waals surface area contributed by atoms with Crippen molar-refractivity contribution >= 4 is 17.7 Å². The van der Waals surface area contributed by atoms with E-state index in [1.807, 2.05) is 25.1 Å². The summed E-state index contributed by atoms with van der Waals surface area (Å²) in [5.41, 5.74) is 7.99. The summed E-state index contributed by atoms with van der Waals surface area (Å²) in [6, 6.07) is 14.1. The number of nitrogens with two attached hydrogens (primary N) is 1. The number of pyridine rings is 2. The van der Waals surface area contributed by atoms with Gasteiger partial charge in [0, 0.05) is 29.1 Å². The summed E-state index contributed by atoms with van der Waals surface area (Å²) in [7, 11) is 0. The van der Waals surface area contributed by atoms with E-state index in [4.69, 9.17) is 11.1 Å². The van der Waals surface area contributed by atoms with E-state index in [0.29, 0.717) is 16.9 Å². The summed E-state index contributed by atoms with van der Waals surface area (Å²) in [6.07, 6.45) is -3.42. The minimum absolute atomic E-state index is 0.0346. The molecule has 2 heterocycles. The van der Waals surface area contributed by atoms with Crippen LogP contribution in [0.25, 0.3) is 11.3 Å². The number of anilines is 2. The highest BCUT2D eigenvalue weighted by Crippen LogP contribution is 2.30. The van der Waals surface area contributed by atoms with E-state index in [0.717, 1.165) is 23.5 Å². The zero-order valence-corrected chi connectivity index (χ0v) is 15.0. The molecule has 0 aliphatic rings. The lowest BCUT2D eigenvalue weighted by molar-refractivity contribution is -0.141. The van der Waals surface area contributed by atoms with Gasteiger partial charge < -0.3 is 16.5 Å². The fraction of sp³-hybridized carbons (Fsp3) is 0.150. The number of benzene rings is 1. The van der Waals surface area contributed by atoms with Gasteiger partial charge in [0.25, 0.3) is 0 Å². The molecular formula is C20H18F3N5. The van der Waals surface area contributed by atoms with Crippen LogP contribution in [0.15, 0.2) is 54.6 Å². The Morgan fingerprint density at radius 1 is 1.07 bits per heavy atom. The second-order valence-electron chi connectivity index (χ2n) is 6.21. The molecular weight excluding hydrogens is 367 g/mol. The van der Waals surface area contributed by atoms with Gasteiger partial charge in [0.05, 0.1) is 11.4 Å². The molecule has 1 atom stereocenters. The number of hydrogen-bond acceptors (Lipinski definition) is 5. The van der Waals surface area contributed by atoms with Crippen molar-refractivity contribution in [2.75, 3.05) is 5.32 Å². The molecule has 0 radical (unpaired) electrons. The van der Waals surface area contributed by atoms with Crippen LogP contribution in [0.4, 0.5) is 24.7 Å². The summed E-state index contributed by atoms with van der Waals surface area (Å²) in [4.78, 5) is 8.13. The molecule has 0 saturated heterocycles. The van der Waals surface area contributed by atoms with Crippen LogP contribution in [0.3, 0.4) is 0 Å². The number of rotatable bonds is 5. The van der Waals surface area contributed by atoms with Crippen LogP contribution in [-0.2, 0) is 6.18 Å². The molecule has 144 valence electrons. The molecule has 0 aliphatic heterocycles. The topological polar surface area (TPSA) is 87.7 Å². The number of aromatic nitrogens is 2. The third-order valence-electron chi connectivity index (χ3n) is 4.04. The summed E-state index contributed by atoms with van der Waals surface area (Å²) < 4.78 is 38.7. The van der Waals surface area contributed by atoms with E-state index in [1.54, 1.807) is 18.2 Å². The number of hydrogen-bond donors (Lipinski definition) is 3. The third kappa shape index (κ3) is 4.34. The molecule has 0 aliphatic carbocycles. The Kier molecular flexibility index (Phi) is 5.41. The SMILES string of the molecule is CC(N)c1cccc(-c2ccc(C=N)c(Nc3cccc(C(F)(F)F)n3)c2)n1. The average Bonchev–Trinajstić information content (AvgIpc) is 2.67. The quantitative estimate of drug-likeness (QED) is 0.544. The van der Waals surface area contributed by atoms with Crippen molar-refractivity contribution < 1.29 is 13.2 Å². The zero-order chi connectivity index (χ0) is 20.3. The van der Waals surface area contributed by atoms with Crippen molar-refractivity contribution in [3.05, 3.63) is 71.5 Å². The lowest BCUT2D eigenvalue weighted by atomic mass is 10.1. The Labute approximate surface area is 160 Å². The fourth-order valence-corrected chi connectivity index (χ4v) is 2.62. The highest BCUT2D eigenvalue weighted by Gasteiger charge is 2.32. The van der Waals surface area contributed by atoms with E-state index < -0.39 is 11.9 Å². The van der Waals surface area contributed by atoms with Gasteiger partial charge in [0.15, 0.2) is 0 Å². The molecule has 8 heteroatoms. The number of alkyl halides is 3. The lowest BCUT2D eigenvalue weighted by Gasteiger charge is -2.13. The van der Waals surface area contributed by atoms with Gasteiger partial charge in [0.2, 0.25) is 0 Å². The van der Waals surface area contributed by atoms with Crippen LogP contribution >= 0.6 is 0 Å². The van der Waals surface area contributed by atoms with Gasteiger partial charge in [-0.15, -0.1) is 0 Å². The molecule has 1 aromatic carbocycles. The maximum Gasteiger partial charge on any atom is 0.433 e. The maximum atomic E-state index is 12.9. The minimum atomic E-state index is -4.53. The molecule has 0 bridgehead atoms. The van der Waals surface area contributed by atoms with Gasteiger partial charge in [-0.3, -0.25) is 4.98 Å². The van der Waals surface area contributed by atoms with Gasteiger partial charge in [-0.1, -0.05) is 24.3 Å². The summed E-state index contributed by atoms with van der Waals surface area (Å²) in [5, 5.41) is 10.4. The first-order valence-corrected chi connectivity index (χ1v) is 8.46. The lowest BCUT2D eigenvalue weighted by Crippen LogP contribution is -2.09. The molecule has 0 fully saturated rings. The molecule has 0 amide bonds. The first kappa shape index (κ1) is 19.5. The van der Waals surface area contributed by atoms with Crippen LogP contribution in [0.2, 0.25) is 0 Å². The maximum absolute atomic E-state index is 12.9. The normalized spacial score (nSPS) is 12.5. The Morgan fingerprint density at radius 2 is 1.82 bits per heavy atom. The Morgan fingerprint density at radius 3 is 2.50 bits per heavy atom. The van der Waals surface area contributed by atoms with Gasteiger partial charge in [-0.2, -0.15) is 13.2 Å². The van der Waals surface area contributed by atoms with Crippen LogP contribution in [0.5, 0.6) is 0 Å². The van der Waals surface area contributed by atoms with Crippen molar-refractivity contribution in [2.24, 2.45) is 5.73 Å². The average molecular weight is 385 g/mol. The summed E-state index contributed by atoms with van der Waals surface area (Å²) >= 11 is 0. The van der Waals surface area contributed by atoms with E-state index in [9.17, 15) is 13.2 Å². The van der Waals surface area contributed by atoms with Crippen molar-refractivity contribution in [2.45, 2.75) is 19.1 Å².